The van der Waals surface area contributed by atoms with Gasteiger partial charge in [-0.15, -0.1) is 11.6 Å². The molecule has 74 valence electrons. The fraction of sp³-hybridized carbons (Fsp3) is 0.0833. The van der Waals surface area contributed by atoms with Crippen molar-refractivity contribution in [3.63, 3.8) is 0 Å². The number of para-hydroxylation sites is 1. The Hall–Kier alpha value is -1.54. The highest BCUT2D eigenvalue weighted by Crippen LogP contribution is 2.24. The molecule has 2 heterocycles. The summed E-state index contributed by atoms with van der Waals surface area (Å²) in [5.74, 6) is 0.450. The molecule has 0 aliphatic carbocycles. The molecule has 0 bridgehead atoms. The first-order valence-corrected chi connectivity index (χ1v) is 5.34. The summed E-state index contributed by atoms with van der Waals surface area (Å²) in [4.78, 5) is 7.73. The smallest absolute Gasteiger partial charge is 0.138 e. The van der Waals surface area contributed by atoms with Gasteiger partial charge < -0.3 is 4.98 Å². The van der Waals surface area contributed by atoms with E-state index in [1.165, 1.54) is 5.39 Å². The molecule has 0 aliphatic rings. The molecule has 0 unspecified atom stereocenters. The zero-order valence-electron chi connectivity index (χ0n) is 8.00. The molecule has 3 aromatic rings. The lowest BCUT2D eigenvalue weighted by Crippen LogP contribution is -1.84. The summed E-state index contributed by atoms with van der Waals surface area (Å²) >= 11 is 5.75. The first kappa shape index (κ1) is 8.74. The Labute approximate surface area is 91.9 Å². The van der Waals surface area contributed by atoms with Crippen molar-refractivity contribution in [3.05, 3.63) is 42.1 Å². The number of rotatable bonds is 1. The van der Waals surface area contributed by atoms with Gasteiger partial charge in [0.2, 0.25) is 0 Å². The molecule has 3 rings (SSSR count). The number of hydrogen-bond donors (Lipinski definition) is 1. The molecule has 0 saturated heterocycles. The normalized spacial score (nSPS) is 11.3. The Balaban J connectivity index is 2.43. The van der Waals surface area contributed by atoms with Crippen LogP contribution in [0.3, 0.4) is 0 Å². The number of aromatic amines is 1. The average Bonchev–Trinajstić information content (AvgIpc) is 2.66. The minimum absolute atomic E-state index is 0.450. The van der Waals surface area contributed by atoms with E-state index in [1.54, 1.807) is 0 Å². The van der Waals surface area contributed by atoms with Gasteiger partial charge in [-0.05, 0) is 18.2 Å². The largest absolute Gasteiger partial charge is 0.339 e. The number of alkyl halides is 1. The van der Waals surface area contributed by atoms with E-state index < -0.39 is 0 Å². The second-order valence-electron chi connectivity index (χ2n) is 3.50. The molecule has 0 saturated carbocycles. The summed E-state index contributed by atoms with van der Waals surface area (Å²) in [6, 6.07) is 12.2. The van der Waals surface area contributed by atoms with Crippen molar-refractivity contribution >= 4 is 33.5 Å². The van der Waals surface area contributed by atoms with Gasteiger partial charge in [-0.1, -0.05) is 18.2 Å². The predicted octanol–water partition coefficient (Wildman–Crippen LogP) is 3.45. The average molecular weight is 217 g/mol. The number of pyridine rings is 1. The van der Waals surface area contributed by atoms with Crippen molar-refractivity contribution in [2.45, 2.75) is 5.88 Å². The number of hydrogen-bond acceptors (Lipinski definition) is 1. The lowest BCUT2D eigenvalue weighted by atomic mass is 10.2. The highest BCUT2D eigenvalue weighted by molar-refractivity contribution is 6.17. The molecule has 15 heavy (non-hydrogen) atoms. The number of nitrogens with zero attached hydrogens (tertiary/aromatic N) is 1. The third-order valence-corrected chi connectivity index (χ3v) is 2.83. The second-order valence-corrected chi connectivity index (χ2v) is 3.77. The van der Waals surface area contributed by atoms with Crippen LogP contribution < -0.4 is 0 Å². The maximum atomic E-state index is 5.75. The first-order chi connectivity index (χ1) is 7.38. The minimum Gasteiger partial charge on any atom is -0.339 e. The molecule has 0 radical (unpaired) electrons. The minimum atomic E-state index is 0.450. The molecule has 3 heteroatoms. The fourth-order valence-electron chi connectivity index (χ4n) is 1.84. The fourth-order valence-corrected chi connectivity index (χ4v) is 1.99. The van der Waals surface area contributed by atoms with Crippen LogP contribution in [-0.4, -0.2) is 9.97 Å². The predicted molar refractivity (Wildman–Crippen MR) is 63.2 cm³/mol. The van der Waals surface area contributed by atoms with Gasteiger partial charge in [0.1, 0.15) is 5.65 Å². The van der Waals surface area contributed by atoms with E-state index >= 15 is 0 Å². The van der Waals surface area contributed by atoms with Crippen LogP contribution in [0, 0.1) is 0 Å². The van der Waals surface area contributed by atoms with Crippen molar-refractivity contribution in [3.8, 4) is 0 Å². The second kappa shape index (κ2) is 3.24. The van der Waals surface area contributed by atoms with Gasteiger partial charge in [-0.25, -0.2) is 4.98 Å². The van der Waals surface area contributed by atoms with E-state index in [1.807, 2.05) is 18.2 Å². The van der Waals surface area contributed by atoms with Crippen molar-refractivity contribution in [2.75, 3.05) is 0 Å². The molecular weight excluding hydrogens is 208 g/mol. The molecule has 1 aromatic carbocycles. The highest BCUT2D eigenvalue weighted by atomic mass is 35.5. The Morgan fingerprint density at radius 2 is 1.93 bits per heavy atom. The number of fused-ring (bicyclic) bond motifs is 3. The Bertz CT molecular complexity index is 628. The van der Waals surface area contributed by atoms with Gasteiger partial charge in [0.05, 0.1) is 11.6 Å². The van der Waals surface area contributed by atoms with E-state index in [9.17, 15) is 0 Å². The van der Waals surface area contributed by atoms with Crippen molar-refractivity contribution in [2.24, 2.45) is 0 Å². The standard InChI is InChI=1S/C12H9ClN2/c13-7-8-5-6-10-9-3-1-2-4-11(9)15-12(10)14-8/h1-6H,7H2,(H,14,15). The monoisotopic (exact) mass is 216 g/mol. The lowest BCUT2D eigenvalue weighted by Gasteiger charge is -1.93. The van der Waals surface area contributed by atoms with Gasteiger partial charge in [0.25, 0.3) is 0 Å². The highest BCUT2D eigenvalue weighted by Gasteiger charge is 2.04. The van der Waals surface area contributed by atoms with Gasteiger partial charge in [-0.3, -0.25) is 0 Å². The van der Waals surface area contributed by atoms with E-state index in [2.05, 4.69) is 28.2 Å². The maximum absolute atomic E-state index is 5.75. The number of H-pyrrole nitrogens is 1. The van der Waals surface area contributed by atoms with Gasteiger partial charge >= 0.3 is 0 Å². The molecule has 2 aromatic heterocycles. The summed E-state index contributed by atoms with van der Waals surface area (Å²) in [6.07, 6.45) is 0. The first-order valence-electron chi connectivity index (χ1n) is 4.81. The summed E-state index contributed by atoms with van der Waals surface area (Å²) in [7, 11) is 0. The summed E-state index contributed by atoms with van der Waals surface area (Å²) in [6.45, 7) is 0. The van der Waals surface area contributed by atoms with Crippen LogP contribution in [0.5, 0.6) is 0 Å². The van der Waals surface area contributed by atoms with E-state index in [-0.39, 0.29) is 0 Å². The Morgan fingerprint density at radius 1 is 1.07 bits per heavy atom. The molecule has 1 N–H and O–H groups in total. The summed E-state index contributed by atoms with van der Waals surface area (Å²) in [5.41, 5.74) is 2.93. The molecule has 0 aliphatic heterocycles. The van der Waals surface area contributed by atoms with Crippen molar-refractivity contribution in [1.29, 1.82) is 0 Å². The summed E-state index contributed by atoms with van der Waals surface area (Å²) in [5, 5.41) is 2.36. The molecular formula is C12H9ClN2. The van der Waals surface area contributed by atoms with Gasteiger partial charge in [-0.2, -0.15) is 0 Å². The van der Waals surface area contributed by atoms with Gasteiger partial charge in [0.15, 0.2) is 0 Å². The zero-order valence-corrected chi connectivity index (χ0v) is 8.75. The topological polar surface area (TPSA) is 28.7 Å². The summed E-state index contributed by atoms with van der Waals surface area (Å²) < 4.78 is 0. The molecule has 0 spiro atoms. The van der Waals surface area contributed by atoms with E-state index in [0.29, 0.717) is 5.88 Å². The van der Waals surface area contributed by atoms with Crippen LogP contribution >= 0.6 is 11.6 Å². The number of nitrogens with one attached hydrogen (secondary N) is 1. The lowest BCUT2D eigenvalue weighted by molar-refractivity contribution is 1.20. The van der Waals surface area contributed by atoms with Crippen LogP contribution in [0.25, 0.3) is 21.9 Å². The van der Waals surface area contributed by atoms with Crippen LogP contribution in [0.1, 0.15) is 5.69 Å². The molecule has 2 nitrogen and oxygen atoms in total. The third kappa shape index (κ3) is 1.29. The van der Waals surface area contributed by atoms with Crippen LogP contribution in [0.15, 0.2) is 36.4 Å². The van der Waals surface area contributed by atoms with Gasteiger partial charge in [0, 0.05) is 16.3 Å². The Kier molecular flexibility index (Phi) is 1.89. The number of aromatic nitrogens is 2. The van der Waals surface area contributed by atoms with E-state index in [4.69, 9.17) is 11.6 Å². The van der Waals surface area contributed by atoms with E-state index in [0.717, 1.165) is 22.2 Å². The quantitative estimate of drug-likeness (QED) is 0.620. The molecule has 0 atom stereocenters. The Morgan fingerprint density at radius 3 is 2.80 bits per heavy atom. The number of benzene rings is 1. The third-order valence-electron chi connectivity index (χ3n) is 2.56. The number of halogens is 1. The maximum Gasteiger partial charge on any atom is 0.138 e. The van der Waals surface area contributed by atoms with Crippen LogP contribution in [-0.2, 0) is 5.88 Å². The van der Waals surface area contributed by atoms with Crippen molar-refractivity contribution < 1.29 is 0 Å². The molecule has 0 amide bonds. The van der Waals surface area contributed by atoms with Crippen LogP contribution in [0.2, 0.25) is 0 Å². The SMILES string of the molecule is ClCc1ccc2c(n1)[nH]c1ccccc12. The van der Waals surface area contributed by atoms with Crippen molar-refractivity contribution in [1.82, 2.24) is 9.97 Å². The molecule has 0 fully saturated rings. The van der Waals surface area contributed by atoms with Crippen LogP contribution in [0.4, 0.5) is 0 Å². The zero-order chi connectivity index (χ0) is 10.3.